The Labute approximate surface area is 146 Å². The molecule has 0 amide bonds. The topological polar surface area (TPSA) is 49.3 Å². The minimum Gasteiger partial charge on any atom is -0.481 e. The van der Waals surface area contributed by atoms with Gasteiger partial charge >= 0.3 is 5.97 Å². The molecule has 25 heavy (non-hydrogen) atoms. The highest BCUT2D eigenvalue weighted by molar-refractivity contribution is 5.66. The molecular formula is C20H21F2NO2. The van der Waals surface area contributed by atoms with Crippen molar-refractivity contribution < 1.29 is 18.7 Å². The van der Waals surface area contributed by atoms with Gasteiger partial charge in [0.1, 0.15) is 11.6 Å². The van der Waals surface area contributed by atoms with Crippen molar-refractivity contribution in [3.05, 3.63) is 77.4 Å². The highest BCUT2D eigenvalue weighted by atomic mass is 19.1. The zero-order valence-corrected chi connectivity index (χ0v) is 13.8. The molecule has 0 spiro atoms. The van der Waals surface area contributed by atoms with E-state index in [2.05, 4.69) is 5.32 Å². The molecule has 2 aromatic carbocycles. The van der Waals surface area contributed by atoms with Crippen LogP contribution in [-0.2, 0) is 11.2 Å². The Kier molecular flexibility index (Phi) is 7.29. The van der Waals surface area contributed by atoms with Gasteiger partial charge in [-0.05, 0) is 30.5 Å². The molecule has 2 rings (SSSR count). The molecule has 0 aliphatic carbocycles. The number of aliphatic carboxylic acids is 1. The van der Waals surface area contributed by atoms with Gasteiger partial charge in [0, 0.05) is 30.6 Å². The number of halogens is 2. The highest BCUT2D eigenvalue weighted by Gasteiger charge is 2.10. The number of rotatable bonds is 9. The van der Waals surface area contributed by atoms with Crippen molar-refractivity contribution in [2.24, 2.45) is 0 Å². The summed E-state index contributed by atoms with van der Waals surface area (Å²) in [6.07, 6.45) is 4.63. The number of carboxylic acid groups (broad SMARTS) is 1. The molecular weight excluding hydrogens is 324 g/mol. The average molecular weight is 345 g/mol. The molecule has 2 aromatic rings. The summed E-state index contributed by atoms with van der Waals surface area (Å²) < 4.78 is 26.4. The van der Waals surface area contributed by atoms with E-state index in [0.717, 1.165) is 11.6 Å². The van der Waals surface area contributed by atoms with Gasteiger partial charge in [-0.2, -0.15) is 0 Å². The Balaban J connectivity index is 1.91. The molecule has 0 heterocycles. The second-order valence-corrected chi connectivity index (χ2v) is 5.80. The van der Waals surface area contributed by atoms with E-state index in [1.807, 2.05) is 30.3 Å². The van der Waals surface area contributed by atoms with Crippen LogP contribution >= 0.6 is 0 Å². The lowest BCUT2D eigenvalue weighted by Crippen LogP contribution is -2.32. The van der Waals surface area contributed by atoms with Gasteiger partial charge in [0.05, 0.1) is 0 Å². The van der Waals surface area contributed by atoms with Crippen molar-refractivity contribution in [2.75, 3.05) is 6.54 Å². The Hall–Kier alpha value is -2.53. The zero-order chi connectivity index (χ0) is 18.1. The number of carbonyl (C=O) groups is 1. The van der Waals surface area contributed by atoms with Gasteiger partial charge in [-0.3, -0.25) is 4.79 Å². The molecule has 5 heteroatoms. The third-order valence-corrected chi connectivity index (χ3v) is 3.82. The zero-order valence-electron chi connectivity index (χ0n) is 13.8. The maximum absolute atomic E-state index is 13.6. The smallest absolute Gasteiger partial charge is 0.303 e. The number of nitrogens with one attached hydrogen (secondary N) is 1. The van der Waals surface area contributed by atoms with Gasteiger partial charge in [-0.25, -0.2) is 8.78 Å². The van der Waals surface area contributed by atoms with Crippen LogP contribution in [0, 0.1) is 11.6 Å². The Morgan fingerprint density at radius 2 is 1.92 bits per heavy atom. The third-order valence-electron chi connectivity index (χ3n) is 3.82. The number of benzene rings is 2. The molecule has 2 N–H and O–H groups in total. The quantitative estimate of drug-likeness (QED) is 0.721. The van der Waals surface area contributed by atoms with Gasteiger partial charge in [0.2, 0.25) is 0 Å². The van der Waals surface area contributed by atoms with E-state index < -0.39 is 17.6 Å². The lowest BCUT2D eigenvalue weighted by Gasteiger charge is -2.17. The van der Waals surface area contributed by atoms with Crippen molar-refractivity contribution in [2.45, 2.75) is 25.3 Å². The Bertz CT molecular complexity index is 717. The molecule has 0 saturated carbocycles. The first-order chi connectivity index (χ1) is 12.0. The molecule has 3 nitrogen and oxygen atoms in total. The maximum atomic E-state index is 13.6. The fourth-order valence-corrected chi connectivity index (χ4v) is 2.53. The molecule has 1 unspecified atom stereocenters. The van der Waals surface area contributed by atoms with Crippen molar-refractivity contribution in [3.8, 4) is 0 Å². The number of hydrogen-bond donors (Lipinski definition) is 2. The lowest BCUT2D eigenvalue weighted by atomic mass is 10.0. The normalized spacial score (nSPS) is 12.4. The average Bonchev–Trinajstić information content (AvgIpc) is 2.58. The SMILES string of the molecule is O=C(O)CCC(Cc1ccccc1)NC/C=C/c1ccc(F)cc1F. The van der Waals surface area contributed by atoms with Crippen molar-refractivity contribution >= 4 is 12.0 Å². The van der Waals surface area contributed by atoms with Crippen LogP contribution in [-0.4, -0.2) is 23.7 Å². The largest absolute Gasteiger partial charge is 0.481 e. The van der Waals surface area contributed by atoms with Gasteiger partial charge in [-0.15, -0.1) is 0 Å². The molecule has 1 atom stereocenters. The fraction of sp³-hybridized carbons (Fsp3) is 0.250. The molecule has 0 bridgehead atoms. The first-order valence-electron chi connectivity index (χ1n) is 8.15. The van der Waals surface area contributed by atoms with Crippen molar-refractivity contribution in [3.63, 3.8) is 0 Å². The molecule has 0 radical (unpaired) electrons. The van der Waals surface area contributed by atoms with Crippen molar-refractivity contribution in [1.29, 1.82) is 0 Å². The predicted octanol–water partition coefficient (Wildman–Crippen LogP) is 4.04. The second kappa shape index (κ2) is 9.69. The summed E-state index contributed by atoms with van der Waals surface area (Å²) in [6, 6.07) is 13.3. The van der Waals surface area contributed by atoms with Crippen LogP contribution in [0.5, 0.6) is 0 Å². The maximum Gasteiger partial charge on any atom is 0.303 e. The third kappa shape index (κ3) is 6.85. The van der Waals surface area contributed by atoms with Crippen LogP contribution in [0.25, 0.3) is 6.08 Å². The van der Waals surface area contributed by atoms with Crippen LogP contribution in [0.3, 0.4) is 0 Å². The summed E-state index contributed by atoms with van der Waals surface area (Å²) >= 11 is 0. The monoisotopic (exact) mass is 345 g/mol. The van der Waals surface area contributed by atoms with Gasteiger partial charge in [0.25, 0.3) is 0 Å². The standard InChI is InChI=1S/C20H21F2NO2/c21-17-9-8-16(19(22)14-17)7-4-12-23-18(10-11-20(24)25)13-15-5-2-1-3-6-15/h1-9,14,18,23H,10-13H2,(H,24,25)/b7-4+. The molecule has 0 aliphatic heterocycles. The van der Waals surface area contributed by atoms with Crippen LogP contribution in [0.4, 0.5) is 8.78 Å². The van der Waals surface area contributed by atoms with Crippen LogP contribution in [0.15, 0.2) is 54.6 Å². The van der Waals surface area contributed by atoms with E-state index in [1.165, 1.54) is 12.1 Å². The first-order valence-corrected chi connectivity index (χ1v) is 8.15. The Morgan fingerprint density at radius 3 is 2.60 bits per heavy atom. The van der Waals surface area contributed by atoms with Crippen LogP contribution < -0.4 is 5.32 Å². The van der Waals surface area contributed by atoms with E-state index in [1.54, 1.807) is 12.2 Å². The van der Waals surface area contributed by atoms with Crippen LogP contribution in [0.1, 0.15) is 24.0 Å². The Morgan fingerprint density at radius 1 is 1.16 bits per heavy atom. The first kappa shape index (κ1) is 18.8. The van der Waals surface area contributed by atoms with Gasteiger partial charge in [-0.1, -0.05) is 42.5 Å². The van der Waals surface area contributed by atoms with E-state index in [9.17, 15) is 13.6 Å². The van der Waals surface area contributed by atoms with E-state index in [0.29, 0.717) is 24.9 Å². The summed E-state index contributed by atoms with van der Waals surface area (Å²) in [7, 11) is 0. The molecule has 0 aliphatic rings. The molecule has 0 fully saturated rings. The molecule has 0 aromatic heterocycles. The molecule has 0 saturated heterocycles. The van der Waals surface area contributed by atoms with E-state index in [4.69, 9.17) is 5.11 Å². The summed E-state index contributed by atoms with van der Waals surface area (Å²) in [5, 5.41) is 12.2. The minimum atomic E-state index is -0.830. The van der Waals surface area contributed by atoms with E-state index in [-0.39, 0.29) is 12.5 Å². The summed E-state index contributed by atoms with van der Waals surface area (Å²) in [5.74, 6) is -2.05. The minimum absolute atomic E-state index is 0.00112. The lowest BCUT2D eigenvalue weighted by molar-refractivity contribution is -0.137. The number of hydrogen-bond acceptors (Lipinski definition) is 2. The predicted molar refractivity (Wildman–Crippen MR) is 94.2 cm³/mol. The van der Waals surface area contributed by atoms with Crippen LogP contribution in [0.2, 0.25) is 0 Å². The van der Waals surface area contributed by atoms with Gasteiger partial charge in [0.15, 0.2) is 0 Å². The second-order valence-electron chi connectivity index (χ2n) is 5.80. The van der Waals surface area contributed by atoms with Crippen molar-refractivity contribution in [1.82, 2.24) is 5.32 Å². The summed E-state index contributed by atoms with van der Waals surface area (Å²) in [6.45, 7) is 0.466. The molecule has 132 valence electrons. The summed E-state index contributed by atoms with van der Waals surface area (Å²) in [4.78, 5) is 10.8. The fourth-order valence-electron chi connectivity index (χ4n) is 2.53. The number of carboxylic acids is 1. The van der Waals surface area contributed by atoms with E-state index >= 15 is 0 Å². The highest BCUT2D eigenvalue weighted by Crippen LogP contribution is 2.11. The summed E-state index contributed by atoms with van der Waals surface area (Å²) in [5.41, 5.74) is 1.44. The van der Waals surface area contributed by atoms with Gasteiger partial charge < -0.3 is 10.4 Å².